The van der Waals surface area contributed by atoms with Gasteiger partial charge in [-0.05, 0) is 73.8 Å². The molecule has 178 valence electrons. The van der Waals surface area contributed by atoms with Crippen LogP contribution in [0.5, 0.6) is 0 Å². The summed E-state index contributed by atoms with van der Waals surface area (Å²) in [4.78, 5) is 29.4. The Morgan fingerprint density at radius 1 is 1.21 bits per heavy atom. The molecule has 4 heterocycles. The number of carbonyl (C=O) groups excluding carboxylic acids is 2. The number of sulfonamides is 1. The van der Waals surface area contributed by atoms with E-state index in [1.165, 1.54) is 4.90 Å². The van der Waals surface area contributed by atoms with Crippen molar-refractivity contribution in [1.29, 1.82) is 0 Å². The van der Waals surface area contributed by atoms with Gasteiger partial charge < -0.3 is 15.1 Å². The normalized spacial score (nSPS) is 26.1. The lowest BCUT2D eigenvalue weighted by Crippen LogP contribution is -2.57. The number of hydrogen-bond donors (Lipinski definition) is 2. The van der Waals surface area contributed by atoms with Crippen LogP contribution in [0, 0.1) is 11.8 Å². The molecule has 11 heteroatoms. The zero-order valence-electron chi connectivity index (χ0n) is 18.1. The van der Waals surface area contributed by atoms with Crippen LogP contribution in [-0.2, 0) is 19.6 Å². The van der Waals surface area contributed by atoms with Crippen LogP contribution in [0.25, 0.3) is 10.1 Å². The van der Waals surface area contributed by atoms with Crippen LogP contribution in [0.3, 0.4) is 0 Å². The smallest absolute Gasteiger partial charge is 0.250 e. The number of benzene rings is 1. The molecule has 0 radical (unpaired) electrons. The molecule has 0 aliphatic carbocycles. The molecule has 2 unspecified atom stereocenters. The van der Waals surface area contributed by atoms with E-state index in [1.807, 2.05) is 4.90 Å². The van der Waals surface area contributed by atoms with Crippen molar-refractivity contribution in [1.82, 2.24) is 19.8 Å². The highest BCUT2D eigenvalue weighted by molar-refractivity contribution is 7.91. The topological polar surface area (TPSA) is 98.8 Å². The summed E-state index contributed by atoms with van der Waals surface area (Å²) in [6.07, 6.45) is 2.20. The molecule has 2 N–H and O–H groups in total. The van der Waals surface area contributed by atoms with E-state index in [2.05, 4.69) is 10.0 Å². The number of likely N-dealkylation sites (tertiary alicyclic amines) is 2. The number of thiophene rings is 1. The third-order valence-corrected chi connectivity index (χ3v) is 10.0. The van der Waals surface area contributed by atoms with Gasteiger partial charge in [-0.1, -0.05) is 11.6 Å². The lowest BCUT2D eigenvalue weighted by molar-refractivity contribution is -0.144. The summed E-state index contributed by atoms with van der Waals surface area (Å²) in [5, 5.41) is 4.70. The number of piperidine rings is 3. The monoisotopic (exact) mass is 510 g/mol. The van der Waals surface area contributed by atoms with Crippen LogP contribution >= 0.6 is 22.9 Å². The molecule has 3 atom stereocenters. The van der Waals surface area contributed by atoms with Gasteiger partial charge in [-0.2, -0.15) is 4.72 Å². The van der Waals surface area contributed by atoms with Gasteiger partial charge in [0.25, 0.3) is 10.0 Å². The van der Waals surface area contributed by atoms with Gasteiger partial charge in [0.1, 0.15) is 10.3 Å². The van der Waals surface area contributed by atoms with E-state index in [1.54, 1.807) is 24.3 Å². The first kappa shape index (κ1) is 23.0. The van der Waals surface area contributed by atoms with E-state index in [0.717, 1.165) is 54.0 Å². The van der Waals surface area contributed by atoms with Crippen molar-refractivity contribution in [3.63, 3.8) is 0 Å². The fourth-order valence-corrected chi connectivity index (χ4v) is 7.95. The van der Waals surface area contributed by atoms with Gasteiger partial charge in [-0.25, -0.2) is 8.42 Å². The summed E-state index contributed by atoms with van der Waals surface area (Å²) in [5.74, 6) is 0.551. The van der Waals surface area contributed by atoms with Gasteiger partial charge in [0.15, 0.2) is 0 Å². The molecule has 33 heavy (non-hydrogen) atoms. The SMILES string of the molecule is O=C(CN1CCC[C@H](NS(=O)(=O)c2cc3cc(Cl)ccc3s2)C1=O)N1CC2CNCC(C2)C1. The average molecular weight is 511 g/mol. The van der Waals surface area contributed by atoms with E-state index in [4.69, 9.17) is 11.6 Å². The Labute approximate surface area is 202 Å². The molecule has 2 amide bonds. The number of fused-ring (bicyclic) bond motifs is 3. The minimum Gasteiger partial charge on any atom is -0.341 e. The maximum absolute atomic E-state index is 13.1. The molecule has 3 saturated heterocycles. The van der Waals surface area contributed by atoms with Gasteiger partial charge in [-0.3, -0.25) is 9.59 Å². The van der Waals surface area contributed by atoms with Crippen molar-refractivity contribution in [3.8, 4) is 0 Å². The lowest BCUT2D eigenvalue weighted by atomic mass is 9.86. The lowest BCUT2D eigenvalue weighted by Gasteiger charge is -2.42. The maximum Gasteiger partial charge on any atom is 0.250 e. The Morgan fingerprint density at radius 2 is 1.97 bits per heavy atom. The van der Waals surface area contributed by atoms with Crippen LogP contribution in [0.4, 0.5) is 0 Å². The molecule has 1 aromatic heterocycles. The summed E-state index contributed by atoms with van der Waals surface area (Å²) in [6.45, 7) is 3.76. The van der Waals surface area contributed by atoms with E-state index < -0.39 is 16.1 Å². The Bertz CT molecular complexity index is 1170. The van der Waals surface area contributed by atoms with Crippen molar-refractivity contribution >= 4 is 54.9 Å². The highest BCUT2D eigenvalue weighted by atomic mass is 35.5. The molecule has 0 saturated carbocycles. The van der Waals surface area contributed by atoms with E-state index in [0.29, 0.717) is 36.2 Å². The summed E-state index contributed by atoms with van der Waals surface area (Å²) in [7, 11) is -3.87. The molecule has 8 nitrogen and oxygen atoms in total. The minimum atomic E-state index is -3.87. The number of nitrogens with one attached hydrogen (secondary N) is 2. The van der Waals surface area contributed by atoms with Gasteiger partial charge in [-0.15, -0.1) is 11.3 Å². The standard InChI is InChI=1S/C22H27ClN4O4S2/c23-17-3-4-19-16(7-17)8-21(32-19)33(30,31)25-18-2-1-5-26(22(18)29)13-20(28)27-11-14-6-15(12-27)10-24-9-14/h3-4,7-8,14-15,18,24-25H,1-2,5-6,9-13H2/t14?,15?,18-/m0/s1. The molecule has 3 aliphatic rings. The number of carbonyl (C=O) groups is 2. The first-order valence-corrected chi connectivity index (χ1v) is 13.9. The molecule has 2 bridgehead atoms. The van der Waals surface area contributed by atoms with Crippen molar-refractivity contribution in [2.75, 3.05) is 39.3 Å². The predicted molar refractivity (Wildman–Crippen MR) is 128 cm³/mol. The second-order valence-electron chi connectivity index (χ2n) is 9.25. The van der Waals surface area contributed by atoms with Crippen LogP contribution in [-0.4, -0.2) is 75.3 Å². The average Bonchev–Trinajstić information content (AvgIpc) is 3.20. The molecule has 5 rings (SSSR count). The quantitative estimate of drug-likeness (QED) is 0.640. The first-order valence-electron chi connectivity index (χ1n) is 11.3. The number of hydrogen-bond acceptors (Lipinski definition) is 6. The van der Waals surface area contributed by atoms with Crippen molar-refractivity contribution in [2.45, 2.75) is 29.5 Å². The first-order chi connectivity index (χ1) is 15.8. The highest BCUT2D eigenvalue weighted by Gasteiger charge is 2.37. The predicted octanol–water partition coefficient (Wildman–Crippen LogP) is 1.89. The Kier molecular flexibility index (Phi) is 6.39. The fourth-order valence-electron chi connectivity index (χ4n) is 5.15. The molecule has 2 aromatic rings. The molecule has 3 fully saturated rings. The Morgan fingerprint density at radius 3 is 2.73 bits per heavy atom. The van der Waals surface area contributed by atoms with Crippen molar-refractivity contribution in [2.24, 2.45) is 11.8 Å². The molecular formula is C22H27ClN4O4S2. The fraction of sp³-hybridized carbons (Fsp3) is 0.545. The van der Waals surface area contributed by atoms with Crippen LogP contribution in [0.2, 0.25) is 5.02 Å². The largest absolute Gasteiger partial charge is 0.341 e. The highest BCUT2D eigenvalue weighted by Crippen LogP contribution is 2.31. The Balaban J connectivity index is 1.25. The van der Waals surface area contributed by atoms with Crippen LogP contribution in [0.1, 0.15) is 19.3 Å². The summed E-state index contributed by atoms with van der Waals surface area (Å²) in [5.41, 5.74) is 0. The second kappa shape index (κ2) is 9.14. The minimum absolute atomic E-state index is 0.00527. The zero-order chi connectivity index (χ0) is 23.2. The van der Waals surface area contributed by atoms with Gasteiger partial charge in [0, 0.05) is 29.4 Å². The Hall–Kier alpha value is -1.72. The third kappa shape index (κ3) is 4.90. The molecule has 3 aliphatic heterocycles. The number of rotatable bonds is 5. The number of halogens is 1. The van der Waals surface area contributed by atoms with E-state index in [9.17, 15) is 18.0 Å². The second-order valence-corrected chi connectivity index (χ2v) is 12.7. The molecule has 0 spiro atoms. The van der Waals surface area contributed by atoms with E-state index in [-0.39, 0.29) is 22.6 Å². The summed E-state index contributed by atoms with van der Waals surface area (Å²) in [6, 6.07) is 5.93. The van der Waals surface area contributed by atoms with Gasteiger partial charge in [0.05, 0.1) is 6.54 Å². The van der Waals surface area contributed by atoms with E-state index >= 15 is 0 Å². The van der Waals surface area contributed by atoms with Crippen molar-refractivity contribution in [3.05, 3.63) is 29.3 Å². The molecule has 1 aromatic carbocycles. The van der Waals surface area contributed by atoms with Crippen LogP contribution in [0.15, 0.2) is 28.5 Å². The number of amides is 2. The maximum atomic E-state index is 13.1. The third-order valence-electron chi connectivity index (χ3n) is 6.72. The molecular weight excluding hydrogens is 484 g/mol. The summed E-state index contributed by atoms with van der Waals surface area (Å²) < 4.78 is 29.5. The number of nitrogens with zero attached hydrogens (tertiary/aromatic N) is 2. The van der Waals surface area contributed by atoms with Crippen molar-refractivity contribution < 1.29 is 18.0 Å². The zero-order valence-corrected chi connectivity index (χ0v) is 20.5. The van der Waals surface area contributed by atoms with Gasteiger partial charge in [0.2, 0.25) is 11.8 Å². The van der Waals surface area contributed by atoms with Gasteiger partial charge >= 0.3 is 0 Å². The summed E-state index contributed by atoms with van der Waals surface area (Å²) >= 11 is 7.15. The van der Waals surface area contributed by atoms with Crippen LogP contribution < -0.4 is 10.0 Å².